The Balaban J connectivity index is 2.15. The van der Waals surface area contributed by atoms with Crippen molar-refractivity contribution in [2.75, 3.05) is 0 Å². The third-order valence-corrected chi connectivity index (χ3v) is 4.93. The first-order valence-electron chi connectivity index (χ1n) is 6.91. The lowest BCUT2D eigenvalue weighted by Gasteiger charge is -2.20. The summed E-state index contributed by atoms with van der Waals surface area (Å²) in [7, 11) is 0. The molecule has 1 aromatic rings. The van der Waals surface area contributed by atoms with Crippen molar-refractivity contribution in [2.45, 2.75) is 56.2 Å². The van der Waals surface area contributed by atoms with Crippen LogP contribution in [0.2, 0.25) is 0 Å². The Morgan fingerprint density at radius 1 is 1.26 bits per heavy atom. The van der Waals surface area contributed by atoms with Gasteiger partial charge in [0.25, 0.3) is 0 Å². The highest BCUT2D eigenvalue weighted by molar-refractivity contribution is 7.99. The van der Waals surface area contributed by atoms with Gasteiger partial charge in [0.15, 0.2) is 0 Å². The molecule has 2 unspecified atom stereocenters. The Morgan fingerprint density at radius 2 is 2.00 bits per heavy atom. The first kappa shape index (κ1) is 14.4. The number of carboxylic acids is 1. The number of hydrogen-bond donors (Lipinski definition) is 1. The minimum Gasteiger partial charge on any atom is -0.481 e. The maximum absolute atomic E-state index is 11.4. The van der Waals surface area contributed by atoms with Crippen molar-refractivity contribution in [1.29, 1.82) is 0 Å². The normalized spacial score (nSPS) is 23.9. The van der Waals surface area contributed by atoms with E-state index in [1.807, 2.05) is 13.0 Å². The molecule has 1 N–H and O–H groups in total. The molecule has 1 saturated carbocycles. The topological polar surface area (TPSA) is 50.2 Å². The van der Waals surface area contributed by atoms with Crippen molar-refractivity contribution in [3.05, 3.63) is 23.4 Å². The second-order valence-electron chi connectivity index (χ2n) is 5.36. The van der Waals surface area contributed by atoms with Gasteiger partial charge in [-0.3, -0.25) is 4.79 Å². The molecule has 0 amide bonds. The Morgan fingerprint density at radius 3 is 2.68 bits per heavy atom. The second kappa shape index (κ2) is 6.42. The number of aromatic nitrogens is 1. The SMILES string of the molecule is Cc1cc(C)nc(SC2CCCCCC2C(=O)O)c1. The van der Waals surface area contributed by atoms with Gasteiger partial charge in [-0.15, -0.1) is 11.8 Å². The molecule has 0 saturated heterocycles. The number of hydrogen-bond acceptors (Lipinski definition) is 3. The van der Waals surface area contributed by atoms with Crippen molar-refractivity contribution < 1.29 is 9.90 Å². The number of aryl methyl sites for hydroxylation is 2. The summed E-state index contributed by atoms with van der Waals surface area (Å²) in [5, 5.41) is 10.5. The van der Waals surface area contributed by atoms with E-state index in [0.717, 1.165) is 42.8 Å². The van der Waals surface area contributed by atoms with E-state index in [0.29, 0.717) is 0 Å². The first-order valence-corrected chi connectivity index (χ1v) is 7.79. The van der Waals surface area contributed by atoms with Gasteiger partial charge < -0.3 is 5.11 Å². The molecular formula is C15H21NO2S. The monoisotopic (exact) mass is 279 g/mol. The van der Waals surface area contributed by atoms with Gasteiger partial charge in [0.1, 0.15) is 0 Å². The van der Waals surface area contributed by atoms with Crippen molar-refractivity contribution in [3.8, 4) is 0 Å². The number of aliphatic carboxylic acids is 1. The number of carbonyl (C=O) groups is 1. The van der Waals surface area contributed by atoms with Crippen LogP contribution in [0.4, 0.5) is 0 Å². The number of pyridine rings is 1. The van der Waals surface area contributed by atoms with E-state index in [4.69, 9.17) is 0 Å². The van der Waals surface area contributed by atoms with Gasteiger partial charge in [0, 0.05) is 10.9 Å². The third kappa shape index (κ3) is 3.96. The van der Waals surface area contributed by atoms with Crippen LogP contribution in [0.15, 0.2) is 17.2 Å². The first-order chi connectivity index (χ1) is 9.06. The summed E-state index contributed by atoms with van der Waals surface area (Å²) in [5.41, 5.74) is 2.19. The summed E-state index contributed by atoms with van der Waals surface area (Å²) in [6.07, 6.45) is 5.11. The van der Waals surface area contributed by atoms with E-state index in [-0.39, 0.29) is 11.2 Å². The van der Waals surface area contributed by atoms with Crippen LogP contribution in [0, 0.1) is 19.8 Å². The van der Waals surface area contributed by atoms with E-state index in [1.54, 1.807) is 11.8 Å². The van der Waals surface area contributed by atoms with E-state index in [9.17, 15) is 9.90 Å². The maximum atomic E-state index is 11.4. The van der Waals surface area contributed by atoms with Crippen LogP contribution in [-0.2, 0) is 4.79 Å². The minimum absolute atomic E-state index is 0.161. The van der Waals surface area contributed by atoms with Crippen molar-refractivity contribution in [2.24, 2.45) is 5.92 Å². The van der Waals surface area contributed by atoms with Crippen LogP contribution >= 0.6 is 11.8 Å². The lowest BCUT2D eigenvalue weighted by Crippen LogP contribution is -2.24. The van der Waals surface area contributed by atoms with Gasteiger partial charge in [-0.25, -0.2) is 4.98 Å². The minimum atomic E-state index is -0.649. The molecule has 0 bridgehead atoms. The van der Waals surface area contributed by atoms with Crippen LogP contribution < -0.4 is 0 Å². The second-order valence-corrected chi connectivity index (χ2v) is 6.62. The molecule has 0 radical (unpaired) electrons. The summed E-state index contributed by atoms with van der Waals surface area (Å²) in [4.78, 5) is 15.9. The largest absolute Gasteiger partial charge is 0.481 e. The summed E-state index contributed by atoms with van der Waals surface area (Å²) in [5.74, 6) is -0.876. The Hall–Kier alpha value is -1.03. The highest BCUT2D eigenvalue weighted by atomic mass is 32.2. The van der Waals surface area contributed by atoms with Crippen LogP contribution in [0.5, 0.6) is 0 Å². The molecule has 0 aromatic carbocycles. The van der Waals surface area contributed by atoms with Crippen molar-refractivity contribution in [1.82, 2.24) is 4.98 Å². The third-order valence-electron chi connectivity index (χ3n) is 3.62. The molecule has 2 atom stereocenters. The van der Waals surface area contributed by atoms with E-state index >= 15 is 0 Å². The van der Waals surface area contributed by atoms with Gasteiger partial charge >= 0.3 is 5.97 Å². The standard InChI is InChI=1S/C15H21NO2S/c1-10-8-11(2)16-14(9-10)19-13-7-5-3-4-6-12(13)15(17)18/h8-9,12-13H,3-7H2,1-2H3,(H,17,18). The molecule has 3 nitrogen and oxygen atoms in total. The maximum Gasteiger partial charge on any atom is 0.307 e. The Kier molecular flexibility index (Phi) is 4.86. The fourth-order valence-corrected chi connectivity index (χ4v) is 4.18. The lowest BCUT2D eigenvalue weighted by molar-refractivity contribution is -0.141. The average molecular weight is 279 g/mol. The molecule has 4 heteroatoms. The number of nitrogens with zero attached hydrogens (tertiary/aromatic N) is 1. The van der Waals surface area contributed by atoms with Crippen molar-refractivity contribution in [3.63, 3.8) is 0 Å². The fraction of sp³-hybridized carbons (Fsp3) is 0.600. The smallest absolute Gasteiger partial charge is 0.307 e. The molecular weight excluding hydrogens is 258 g/mol. The number of carboxylic acid groups (broad SMARTS) is 1. The molecule has 0 aliphatic heterocycles. The van der Waals surface area contributed by atoms with E-state index in [2.05, 4.69) is 18.0 Å². The van der Waals surface area contributed by atoms with Crippen LogP contribution in [0.1, 0.15) is 43.4 Å². The van der Waals surface area contributed by atoms with E-state index < -0.39 is 5.97 Å². The molecule has 1 aliphatic carbocycles. The van der Waals surface area contributed by atoms with Gasteiger partial charge in [-0.2, -0.15) is 0 Å². The van der Waals surface area contributed by atoms with Gasteiger partial charge in [-0.05, 0) is 44.4 Å². The molecule has 2 rings (SSSR count). The zero-order valence-corrected chi connectivity index (χ0v) is 12.4. The van der Waals surface area contributed by atoms with Crippen LogP contribution in [0.3, 0.4) is 0 Å². The predicted octanol–water partition coefficient (Wildman–Crippen LogP) is 3.82. The Labute approximate surface area is 118 Å². The van der Waals surface area contributed by atoms with Crippen LogP contribution in [-0.4, -0.2) is 21.3 Å². The van der Waals surface area contributed by atoms with Crippen LogP contribution in [0.25, 0.3) is 0 Å². The zero-order chi connectivity index (χ0) is 13.8. The van der Waals surface area contributed by atoms with Gasteiger partial charge in [0.2, 0.25) is 0 Å². The van der Waals surface area contributed by atoms with E-state index in [1.165, 1.54) is 5.56 Å². The lowest BCUT2D eigenvalue weighted by atomic mass is 10.0. The highest BCUT2D eigenvalue weighted by Crippen LogP contribution is 2.36. The molecule has 1 aromatic heterocycles. The number of thioether (sulfide) groups is 1. The van der Waals surface area contributed by atoms with Gasteiger partial charge in [0.05, 0.1) is 10.9 Å². The quantitative estimate of drug-likeness (QED) is 0.854. The molecule has 1 fully saturated rings. The molecule has 1 aliphatic rings. The predicted molar refractivity (Wildman–Crippen MR) is 77.6 cm³/mol. The highest BCUT2D eigenvalue weighted by Gasteiger charge is 2.30. The van der Waals surface area contributed by atoms with Gasteiger partial charge in [-0.1, -0.05) is 19.3 Å². The average Bonchev–Trinajstić information content (AvgIpc) is 2.53. The molecule has 19 heavy (non-hydrogen) atoms. The molecule has 104 valence electrons. The Bertz CT molecular complexity index is 441. The molecule has 0 spiro atoms. The zero-order valence-electron chi connectivity index (χ0n) is 11.6. The summed E-state index contributed by atoms with van der Waals surface area (Å²) < 4.78 is 0. The summed E-state index contributed by atoms with van der Waals surface area (Å²) in [6, 6.07) is 4.10. The molecule has 1 heterocycles. The summed E-state index contributed by atoms with van der Waals surface area (Å²) >= 11 is 1.65. The van der Waals surface area contributed by atoms with Crippen molar-refractivity contribution >= 4 is 17.7 Å². The number of rotatable bonds is 3. The fourth-order valence-electron chi connectivity index (χ4n) is 2.72. The summed E-state index contributed by atoms with van der Waals surface area (Å²) in [6.45, 7) is 4.04.